The van der Waals surface area contributed by atoms with Gasteiger partial charge in [-0.15, -0.1) is 0 Å². The average Bonchev–Trinajstić information content (AvgIpc) is 3.25. The van der Waals surface area contributed by atoms with E-state index in [0.29, 0.717) is 35.7 Å². The fourth-order valence-electron chi connectivity index (χ4n) is 4.74. The van der Waals surface area contributed by atoms with Crippen LogP contribution in [0.1, 0.15) is 55.3 Å². The number of hydrogen-bond acceptors (Lipinski definition) is 5. The molecule has 2 fully saturated rings. The van der Waals surface area contributed by atoms with Crippen LogP contribution < -0.4 is 10.2 Å². The molecule has 0 radical (unpaired) electrons. The van der Waals surface area contributed by atoms with Crippen molar-refractivity contribution < 1.29 is 9.59 Å². The Morgan fingerprint density at radius 1 is 1.26 bits per heavy atom. The number of nitrogens with zero attached hydrogens (tertiary/aromatic N) is 4. The number of carbonyl (C=O) groups is 2. The molecule has 1 saturated heterocycles. The molecule has 3 heterocycles. The third kappa shape index (κ3) is 4.73. The number of hydrogen-bond donors (Lipinski definition) is 2. The van der Waals surface area contributed by atoms with E-state index in [1.54, 1.807) is 12.4 Å². The Kier molecular flexibility index (Phi) is 6.53. The zero-order chi connectivity index (χ0) is 21.8. The lowest BCUT2D eigenvalue weighted by atomic mass is 9.89. The fraction of sp³-hybridized carbons (Fsp3) is 0.565. The van der Waals surface area contributed by atoms with Crippen molar-refractivity contribution in [3.05, 3.63) is 30.6 Å². The predicted molar refractivity (Wildman–Crippen MR) is 121 cm³/mol. The maximum atomic E-state index is 12.8. The number of piperidine rings is 1. The molecule has 8 heteroatoms. The molecule has 2 amide bonds. The second kappa shape index (κ2) is 9.49. The third-order valence-corrected chi connectivity index (χ3v) is 6.75. The molecule has 2 N–H and O–H groups in total. The standard InChI is InChI=1S/C23H32N6O2/c1-3-20(30)29-11-9-17(10-12-29)28(2)19-15-25-22-21(27-19)18(14-24-22)23(31)26-13-16-7-5-4-6-8-16/h3,14-17H,1,4-13H2,2H3,(H,24,25)(H,26,31). The second-order valence-electron chi connectivity index (χ2n) is 8.71. The molecule has 4 rings (SSSR count). The third-order valence-electron chi connectivity index (χ3n) is 6.75. The number of likely N-dealkylation sites (tertiary alicyclic amines) is 1. The number of fused-ring (bicyclic) bond motifs is 1. The zero-order valence-corrected chi connectivity index (χ0v) is 18.3. The molecule has 166 valence electrons. The van der Waals surface area contributed by atoms with Gasteiger partial charge in [0.05, 0.1) is 11.8 Å². The monoisotopic (exact) mass is 424 g/mol. The minimum Gasteiger partial charge on any atom is -0.355 e. The lowest BCUT2D eigenvalue weighted by Crippen LogP contribution is -2.45. The molecule has 8 nitrogen and oxygen atoms in total. The number of anilines is 1. The van der Waals surface area contributed by atoms with E-state index in [1.807, 2.05) is 11.9 Å². The minimum absolute atomic E-state index is 0.0153. The summed E-state index contributed by atoms with van der Waals surface area (Å²) in [5, 5.41) is 3.09. The van der Waals surface area contributed by atoms with Crippen LogP contribution in [0.5, 0.6) is 0 Å². The maximum Gasteiger partial charge on any atom is 0.255 e. The Hall–Kier alpha value is -2.90. The smallest absolute Gasteiger partial charge is 0.255 e. The highest BCUT2D eigenvalue weighted by atomic mass is 16.2. The summed E-state index contributed by atoms with van der Waals surface area (Å²) in [5.41, 5.74) is 1.76. The van der Waals surface area contributed by atoms with Crippen LogP contribution in [-0.2, 0) is 4.79 Å². The number of rotatable bonds is 6. The van der Waals surface area contributed by atoms with E-state index in [0.717, 1.165) is 25.2 Å². The van der Waals surface area contributed by atoms with Gasteiger partial charge in [-0.25, -0.2) is 9.97 Å². The Bertz CT molecular complexity index is 941. The van der Waals surface area contributed by atoms with Gasteiger partial charge < -0.3 is 20.1 Å². The van der Waals surface area contributed by atoms with Crippen LogP contribution in [0, 0.1) is 5.92 Å². The lowest BCUT2D eigenvalue weighted by Gasteiger charge is -2.36. The first kappa shape index (κ1) is 21.3. The summed E-state index contributed by atoms with van der Waals surface area (Å²) < 4.78 is 0. The summed E-state index contributed by atoms with van der Waals surface area (Å²) in [6, 6.07) is 0.267. The summed E-state index contributed by atoms with van der Waals surface area (Å²) in [5.74, 6) is 1.21. The first-order valence-electron chi connectivity index (χ1n) is 11.3. The highest BCUT2D eigenvalue weighted by Gasteiger charge is 2.26. The Morgan fingerprint density at radius 2 is 2.00 bits per heavy atom. The van der Waals surface area contributed by atoms with Crippen LogP contribution in [0.3, 0.4) is 0 Å². The first-order chi connectivity index (χ1) is 15.1. The predicted octanol–water partition coefficient (Wildman–Crippen LogP) is 2.88. The highest BCUT2D eigenvalue weighted by Crippen LogP contribution is 2.25. The first-order valence-corrected chi connectivity index (χ1v) is 11.3. The topological polar surface area (TPSA) is 94.2 Å². The molecule has 2 aromatic rings. The van der Waals surface area contributed by atoms with Gasteiger partial charge >= 0.3 is 0 Å². The summed E-state index contributed by atoms with van der Waals surface area (Å²) in [6.45, 7) is 5.70. The molecule has 1 saturated carbocycles. The normalized spacial score (nSPS) is 18.2. The molecule has 1 aliphatic carbocycles. The van der Waals surface area contributed by atoms with E-state index in [9.17, 15) is 9.59 Å². The molecule has 0 spiro atoms. The molecular weight excluding hydrogens is 392 g/mol. The molecular formula is C23H32N6O2. The van der Waals surface area contributed by atoms with Crippen LogP contribution in [0.15, 0.2) is 25.0 Å². The number of carbonyl (C=O) groups excluding carboxylic acids is 2. The Labute approximate surface area is 183 Å². The van der Waals surface area contributed by atoms with Crippen molar-refractivity contribution in [2.45, 2.75) is 51.0 Å². The molecule has 2 aromatic heterocycles. The van der Waals surface area contributed by atoms with Gasteiger partial charge in [-0.2, -0.15) is 0 Å². The largest absolute Gasteiger partial charge is 0.355 e. The van der Waals surface area contributed by atoms with E-state index in [-0.39, 0.29) is 17.9 Å². The molecule has 0 atom stereocenters. The molecule has 1 aliphatic heterocycles. The van der Waals surface area contributed by atoms with Crippen LogP contribution in [-0.4, -0.2) is 64.4 Å². The van der Waals surface area contributed by atoms with Crippen molar-refractivity contribution in [3.8, 4) is 0 Å². The summed E-state index contributed by atoms with van der Waals surface area (Å²) in [7, 11) is 2.00. The van der Waals surface area contributed by atoms with Crippen molar-refractivity contribution in [2.24, 2.45) is 5.92 Å². The number of H-pyrrole nitrogens is 1. The SMILES string of the molecule is C=CC(=O)N1CCC(N(C)c2cnc3[nH]cc(C(=O)NCC4CCCCC4)c3n2)CC1. The Balaban J connectivity index is 1.43. The van der Waals surface area contributed by atoms with Gasteiger partial charge in [0.15, 0.2) is 5.65 Å². The fourth-order valence-corrected chi connectivity index (χ4v) is 4.74. The van der Waals surface area contributed by atoms with Crippen LogP contribution in [0.2, 0.25) is 0 Å². The number of aromatic amines is 1. The molecule has 2 aliphatic rings. The van der Waals surface area contributed by atoms with Gasteiger partial charge in [-0.1, -0.05) is 25.8 Å². The van der Waals surface area contributed by atoms with E-state index in [4.69, 9.17) is 4.98 Å². The zero-order valence-electron chi connectivity index (χ0n) is 18.3. The molecule has 0 bridgehead atoms. The van der Waals surface area contributed by atoms with Crippen molar-refractivity contribution >= 4 is 28.8 Å². The number of amides is 2. The van der Waals surface area contributed by atoms with Crippen molar-refractivity contribution in [2.75, 3.05) is 31.6 Å². The minimum atomic E-state index is -0.0952. The van der Waals surface area contributed by atoms with E-state index in [2.05, 4.69) is 26.8 Å². The van der Waals surface area contributed by atoms with Crippen LogP contribution in [0.4, 0.5) is 5.82 Å². The summed E-state index contributed by atoms with van der Waals surface area (Å²) in [6.07, 6.45) is 12.7. The van der Waals surface area contributed by atoms with Gasteiger partial charge in [0.1, 0.15) is 11.3 Å². The van der Waals surface area contributed by atoms with Crippen LogP contribution >= 0.6 is 0 Å². The molecule has 0 aromatic carbocycles. The second-order valence-corrected chi connectivity index (χ2v) is 8.71. The van der Waals surface area contributed by atoms with Gasteiger partial charge in [0, 0.05) is 38.9 Å². The summed E-state index contributed by atoms with van der Waals surface area (Å²) in [4.78, 5) is 40.9. The van der Waals surface area contributed by atoms with Gasteiger partial charge in [-0.05, 0) is 37.7 Å². The number of aromatic nitrogens is 3. The van der Waals surface area contributed by atoms with Gasteiger partial charge in [0.2, 0.25) is 5.91 Å². The van der Waals surface area contributed by atoms with E-state index in [1.165, 1.54) is 38.2 Å². The highest BCUT2D eigenvalue weighted by molar-refractivity contribution is 6.04. The lowest BCUT2D eigenvalue weighted by molar-refractivity contribution is -0.127. The quantitative estimate of drug-likeness (QED) is 0.696. The number of nitrogens with one attached hydrogen (secondary N) is 2. The van der Waals surface area contributed by atoms with Crippen molar-refractivity contribution in [3.63, 3.8) is 0 Å². The van der Waals surface area contributed by atoms with Crippen LogP contribution in [0.25, 0.3) is 11.2 Å². The van der Waals surface area contributed by atoms with E-state index < -0.39 is 0 Å². The molecule has 0 unspecified atom stereocenters. The Morgan fingerprint density at radius 3 is 2.71 bits per heavy atom. The average molecular weight is 425 g/mol. The molecule has 31 heavy (non-hydrogen) atoms. The summed E-state index contributed by atoms with van der Waals surface area (Å²) >= 11 is 0. The maximum absolute atomic E-state index is 12.8. The van der Waals surface area contributed by atoms with Gasteiger partial charge in [-0.3, -0.25) is 9.59 Å². The van der Waals surface area contributed by atoms with Crippen molar-refractivity contribution in [1.29, 1.82) is 0 Å². The van der Waals surface area contributed by atoms with E-state index >= 15 is 0 Å². The van der Waals surface area contributed by atoms with Crippen molar-refractivity contribution in [1.82, 2.24) is 25.2 Å². The van der Waals surface area contributed by atoms with Gasteiger partial charge in [0.25, 0.3) is 5.91 Å².